The van der Waals surface area contributed by atoms with Gasteiger partial charge in [-0.3, -0.25) is 0 Å². The average Bonchev–Trinajstić information content (AvgIpc) is 2.99. The number of imidazole rings is 1. The molecule has 0 spiro atoms. The Kier molecular flexibility index (Phi) is 5.62. The van der Waals surface area contributed by atoms with E-state index in [9.17, 15) is 0 Å². The normalized spacial score (nSPS) is 19.5. The Morgan fingerprint density at radius 1 is 0.818 bits per heavy atom. The number of fused-ring (bicyclic) bond motifs is 1. The molecule has 0 aromatic carbocycles. The Hall–Kier alpha value is -1.65. The van der Waals surface area contributed by atoms with E-state index in [0.717, 1.165) is 17.0 Å². The van der Waals surface area contributed by atoms with Gasteiger partial charge >= 0.3 is 0 Å². The van der Waals surface area contributed by atoms with Crippen LogP contribution in [0.1, 0.15) is 70.6 Å². The smallest absolute Gasteiger partial charge is 0.182 e. The first-order valence-electron chi connectivity index (χ1n) is 8.84. The minimum atomic E-state index is 0.515. The van der Waals surface area contributed by atoms with E-state index in [4.69, 9.17) is 0 Å². The van der Waals surface area contributed by atoms with Crippen LogP contribution in [0.5, 0.6) is 0 Å². The second kappa shape index (κ2) is 8.11. The molecule has 1 saturated carbocycles. The van der Waals surface area contributed by atoms with Gasteiger partial charge in [-0.15, -0.1) is 0 Å². The van der Waals surface area contributed by atoms with E-state index in [0.29, 0.717) is 6.04 Å². The second-order valence-electron chi connectivity index (χ2n) is 6.42. The van der Waals surface area contributed by atoms with Crippen molar-refractivity contribution in [3.8, 4) is 0 Å². The summed E-state index contributed by atoms with van der Waals surface area (Å²) in [4.78, 5) is 16.0. The lowest BCUT2D eigenvalue weighted by atomic mass is 9.98. The SMILES string of the molecule is c1nc(NC2CCCCCCCCCCC2)c2[nH]cnc2n1. The molecule has 2 heterocycles. The van der Waals surface area contributed by atoms with Gasteiger partial charge in [-0.25, -0.2) is 15.0 Å². The largest absolute Gasteiger partial charge is 0.365 e. The van der Waals surface area contributed by atoms with Crippen molar-refractivity contribution < 1.29 is 0 Å². The molecule has 1 fully saturated rings. The topological polar surface area (TPSA) is 66.5 Å². The van der Waals surface area contributed by atoms with Gasteiger partial charge in [0, 0.05) is 6.04 Å². The number of anilines is 1. The summed E-state index contributed by atoms with van der Waals surface area (Å²) in [7, 11) is 0. The van der Waals surface area contributed by atoms with Crippen molar-refractivity contribution in [2.75, 3.05) is 5.32 Å². The standard InChI is InChI=1S/C17H27N5/c1-2-4-6-8-10-14(11-9-7-5-3-1)22-17-15-16(19-12-18-15)20-13-21-17/h12-14H,1-11H2,(H2,18,19,20,21,22). The molecular formula is C17H27N5. The van der Waals surface area contributed by atoms with Crippen LogP contribution in [0.25, 0.3) is 11.2 Å². The minimum Gasteiger partial charge on any atom is -0.365 e. The van der Waals surface area contributed by atoms with Gasteiger partial charge < -0.3 is 10.3 Å². The fourth-order valence-corrected chi connectivity index (χ4v) is 3.38. The van der Waals surface area contributed by atoms with Crippen LogP contribution in [-0.4, -0.2) is 26.0 Å². The molecule has 1 aliphatic carbocycles. The van der Waals surface area contributed by atoms with Gasteiger partial charge in [-0.1, -0.05) is 57.8 Å². The Labute approximate surface area is 132 Å². The summed E-state index contributed by atoms with van der Waals surface area (Å²) in [6.07, 6.45) is 18.2. The molecule has 2 N–H and O–H groups in total. The predicted molar refractivity (Wildman–Crippen MR) is 89.9 cm³/mol. The molecule has 0 saturated heterocycles. The van der Waals surface area contributed by atoms with Crippen molar-refractivity contribution in [2.24, 2.45) is 0 Å². The molecule has 2 aromatic heterocycles. The fourth-order valence-electron chi connectivity index (χ4n) is 3.38. The Bertz CT molecular complexity index is 553. The lowest BCUT2D eigenvalue weighted by Gasteiger charge is -2.20. The Balaban J connectivity index is 1.63. The zero-order valence-electron chi connectivity index (χ0n) is 13.4. The van der Waals surface area contributed by atoms with E-state index in [2.05, 4.69) is 25.3 Å². The zero-order valence-corrected chi connectivity index (χ0v) is 13.4. The molecule has 5 nitrogen and oxygen atoms in total. The van der Waals surface area contributed by atoms with Gasteiger partial charge in [-0.2, -0.15) is 0 Å². The number of nitrogens with one attached hydrogen (secondary N) is 2. The summed E-state index contributed by atoms with van der Waals surface area (Å²) in [6.45, 7) is 0. The molecule has 1 aliphatic rings. The zero-order chi connectivity index (χ0) is 15.0. The Morgan fingerprint density at radius 3 is 2.14 bits per heavy atom. The number of H-pyrrole nitrogens is 1. The Morgan fingerprint density at radius 2 is 1.45 bits per heavy atom. The predicted octanol–water partition coefficient (Wildman–Crippen LogP) is 4.44. The van der Waals surface area contributed by atoms with Crippen molar-refractivity contribution >= 4 is 17.0 Å². The molecule has 0 aliphatic heterocycles. The number of nitrogens with zero attached hydrogens (tertiary/aromatic N) is 3. The first kappa shape index (κ1) is 15.3. The van der Waals surface area contributed by atoms with Crippen molar-refractivity contribution in [2.45, 2.75) is 76.7 Å². The molecule has 120 valence electrons. The van der Waals surface area contributed by atoms with E-state index < -0.39 is 0 Å². The van der Waals surface area contributed by atoms with Crippen molar-refractivity contribution in [1.82, 2.24) is 19.9 Å². The van der Waals surface area contributed by atoms with Crippen LogP contribution in [-0.2, 0) is 0 Å². The van der Waals surface area contributed by atoms with Crippen molar-refractivity contribution in [3.05, 3.63) is 12.7 Å². The summed E-state index contributed by atoms with van der Waals surface area (Å²) >= 11 is 0. The number of hydrogen-bond acceptors (Lipinski definition) is 4. The van der Waals surface area contributed by atoms with E-state index in [-0.39, 0.29) is 0 Å². The highest BCUT2D eigenvalue weighted by atomic mass is 15.1. The van der Waals surface area contributed by atoms with Crippen molar-refractivity contribution in [1.29, 1.82) is 0 Å². The molecule has 5 heteroatoms. The highest BCUT2D eigenvalue weighted by Crippen LogP contribution is 2.21. The molecule has 0 unspecified atom stereocenters. The van der Waals surface area contributed by atoms with Gasteiger partial charge in [0.05, 0.1) is 6.33 Å². The van der Waals surface area contributed by atoms with Crippen LogP contribution in [0.2, 0.25) is 0 Å². The van der Waals surface area contributed by atoms with Crippen LogP contribution in [0.4, 0.5) is 5.82 Å². The highest BCUT2D eigenvalue weighted by molar-refractivity contribution is 5.82. The van der Waals surface area contributed by atoms with E-state index in [1.165, 1.54) is 70.6 Å². The molecule has 0 amide bonds. The summed E-state index contributed by atoms with van der Waals surface area (Å²) in [5, 5.41) is 3.64. The molecule has 0 bridgehead atoms. The van der Waals surface area contributed by atoms with Crippen molar-refractivity contribution in [3.63, 3.8) is 0 Å². The molecule has 0 atom stereocenters. The molecule has 22 heavy (non-hydrogen) atoms. The van der Waals surface area contributed by atoms with Gasteiger partial charge in [0.25, 0.3) is 0 Å². The maximum absolute atomic E-state index is 4.41. The summed E-state index contributed by atoms with van der Waals surface area (Å²) in [5.74, 6) is 0.902. The average molecular weight is 301 g/mol. The van der Waals surface area contributed by atoms with E-state index in [1.807, 2.05) is 0 Å². The maximum atomic E-state index is 4.41. The summed E-state index contributed by atoms with van der Waals surface area (Å²) in [6, 6.07) is 0.515. The molecule has 3 rings (SSSR count). The summed E-state index contributed by atoms with van der Waals surface area (Å²) in [5.41, 5.74) is 1.67. The third kappa shape index (κ3) is 4.18. The van der Waals surface area contributed by atoms with Crippen LogP contribution in [0, 0.1) is 0 Å². The van der Waals surface area contributed by atoms with Crippen LogP contribution in [0.15, 0.2) is 12.7 Å². The first-order valence-corrected chi connectivity index (χ1v) is 8.84. The quantitative estimate of drug-likeness (QED) is 0.860. The first-order chi connectivity index (χ1) is 10.9. The third-order valence-electron chi connectivity index (χ3n) is 4.67. The highest BCUT2D eigenvalue weighted by Gasteiger charge is 2.13. The number of aromatic amines is 1. The van der Waals surface area contributed by atoms with Crippen LogP contribution in [0.3, 0.4) is 0 Å². The van der Waals surface area contributed by atoms with E-state index >= 15 is 0 Å². The number of aromatic nitrogens is 4. The second-order valence-corrected chi connectivity index (χ2v) is 6.42. The monoisotopic (exact) mass is 301 g/mol. The van der Waals surface area contributed by atoms with Crippen LogP contribution >= 0.6 is 0 Å². The van der Waals surface area contributed by atoms with Gasteiger partial charge in [0.1, 0.15) is 11.8 Å². The van der Waals surface area contributed by atoms with Gasteiger partial charge in [0.2, 0.25) is 0 Å². The number of hydrogen-bond donors (Lipinski definition) is 2. The fraction of sp³-hybridized carbons (Fsp3) is 0.706. The van der Waals surface area contributed by atoms with Gasteiger partial charge in [-0.05, 0) is 12.8 Å². The minimum absolute atomic E-state index is 0.515. The lowest BCUT2D eigenvalue weighted by Crippen LogP contribution is -2.20. The molecular weight excluding hydrogens is 274 g/mol. The maximum Gasteiger partial charge on any atom is 0.182 e. The lowest BCUT2D eigenvalue weighted by molar-refractivity contribution is 0.480. The summed E-state index contributed by atoms with van der Waals surface area (Å²) < 4.78 is 0. The number of rotatable bonds is 2. The van der Waals surface area contributed by atoms with Crippen LogP contribution < -0.4 is 5.32 Å². The molecule has 0 radical (unpaired) electrons. The van der Waals surface area contributed by atoms with E-state index in [1.54, 1.807) is 12.7 Å². The third-order valence-corrected chi connectivity index (χ3v) is 4.67. The van der Waals surface area contributed by atoms with Gasteiger partial charge in [0.15, 0.2) is 11.5 Å². The molecule has 2 aromatic rings.